The number of rotatable bonds is 5. The zero-order chi connectivity index (χ0) is 23.7. The minimum absolute atomic E-state index is 0.136. The molecule has 0 amide bonds. The maximum absolute atomic E-state index is 13.7. The number of nitrogens with zero attached hydrogens (tertiary/aromatic N) is 1. The first-order valence-corrected chi connectivity index (χ1v) is 11.9. The van der Waals surface area contributed by atoms with E-state index in [9.17, 15) is 4.79 Å². The second-order valence-corrected chi connectivity index (χ2v) is 9.16. The summed E-state index contributed by atoms with van der Waals surface area (Å²) in [7, 11) is 4.07. The summed E-state index contributed by atoms with van der Waals surface area (Å²) in [6, 6.07) is 24.6. The Balaban J connectivity index is 1.53. The van der Waals surface area contributed by atoms with Crippen LogP contribution in [0, 0.1) is 0 Å². The molecule has 0 bridgehead atoms. The first kappa shape index (κ1) is 22.1. The van der Waals surface area contributed by atoms with Crippen LogP contribution in [0.1, 0.15) is 42.9 Å². The maximum Gasteiger partial charge on any atom is 0.163 e. The zero-order valence-electron chi connectivity index (χ0n) is 20.0. The number of ether oxygens (including phenoxy) is 1. The number of para-hydroxylation sites is 2. The van der Waals surface area contributed by atoms with Crippen molar-refractivity contribution >= 4 is 22.8 Å². The second kappa shape index (κ2) is 9.26. The third-order valence-electron chi connectivity index (χ3n) is 6.71. The zero-order valence-corrected chi connectivity index (χ0v) is 20.0. The SMILES string of the molecule is CCOc1ccc(C2CC(=O)C3=C(C2)Nc2ccccc2NC3c2ccc(N(C)C)cc2)cc1. The topological polar surface area (TPSA) is 53.6 Å². The average Bonchev–Trinajstić information content (AvgIpc) is 3.02. The molecule has 1 aliphatic carbocycles. The number of nitrogens with one attached hydrogen (secondary N) is 2. The molecule has 174 valence electrons. The van der Waals surface area contributed by atoms with Gasteiger partial charge in [0.1, 0.15) is 5.75 Å². The van der Waals surface area contributed by atoms with Crippen LogP contribution in [0.3, 0.4) is 0 Å². The van der Waals surface area contributed by atoms with E-state index >= 15 is 0 Å². The lowest BCUT2D eigenvalue weighted by molar-refractivity contribution is -0.116. The van der Waals surface area contributed by atoms with E-state index in [4.69, 9.17) is 4.74 Å². The Bertz CT molecular complexity index is 1210. The van der Waals surface area contributed by atoms with E-state index in [0.29, 0.717) is 13.0 Å². The summed E-state index contributed by atoms with van der Waals surface area (Å²) in [6.07, 6.45) is 1.29. The smallest absolute Gasteiger partial charge is 0.163 e. The van der Waals surface area contributed by atoms with Gasteiger partial charge in [-0.1, -0.05) is 36.4 Å². The molecule has 2 aliphatic rings. The van der Waals surface area contributed by atoms with Gasteiger partial charge in [-0.25, -0.2) is 0 Å². The number of Topliss-reactive ketones (excluding diaryl/α,β-unsaturated/α-hetero) is 1. The van der Waals surface area contributed by atoms with Crippen LogP contribution in [0.15, 0.2) is 84.1 Å². The van der Waals surface area contributed by atoms with Crippen LogP contribution in [0.5, 0.6) is 5.75 Å². The lowest BCUT2D eigenvalue weighted by Crippen LogP contribution is -2.26. The van der Waals surface area contributed by atoms with E-state index in [2.05, 4.69) is 64.1 Å². The molecule has 0 fully saturated rings. The van der Waals surface area contributed by atoms with Gasteiger partial charge in [0, 0.05) is 37.5 Å². The molecule has 5 nitrogen and oxygen atoms in total. The van der Waals surface area contributed by atoms with Crippen molar-refractivity contribution in [2.45, 2.75) is 31.7 Å². The Labute approximate surface area is 201 Å². The Kier molecular flexibility index (Phi) is 6.01. The summed E-state index contributed by atoms with van der Waals surface area (Å²) in [5, 5.41) is 7.27. The molecule has 1 aliphatic heterocycles. The Morgan fingerprint density at radius 3 is 2.24 bits per heavy atom. The van der Waals surface area contributed by atoms with Crippen LogP contribution in [0.4, 0.5) is 17.1 Å². The summed E-state index contributed by atoms with van der Waals surface area (Å²) in [4.78, 5) is 15.8. The van der Waals surface area contributed by atoms with Gasteiger partial charge in [0.15, 0.2) is 5.78 Å². The van der Waals surface area contributed by atoms with Crippen molar-refractivity contribution in [3.8, 4) is 5.75 Å². The number of anilines is 3. The Morgan fingerprint density at radius 1 is 0.882 bits per heavy atom. The lowest BCUT2D eigenvalue weighted by Gasteiger charge is -2.30. The van der Waals surface area contributed by atoms with Crippen LogP contribution in [0.2, 0.25) is 0 Å². The van der Waals surface area contributed by atoms with E-state index < -0.39 is 0 Å². The van der Waals surface area contributed by atoms with Crippen LogP contribution < -0.4 is 20.3 Å². The highest BCUT2D eigenvalue weighted by Gasteiger charge is 2.36. The number of hydrogen-bond acceptors (Lipinski definition) is 5. The van der Waals surface area contributed by atoms with Crippen molar-refractivity contribution < 1.29 is 9.53 Å². The minimum Gasteiger partial charge on any atom is -0.494 e. The highest BCUT2D eigenvalue weighted by atomic mass is 16.5. The third-order valence-corrected chi connectivity index (χ3v) is 6.71. The molecule has 1 heterocycles. The van der Waals surface area contributed by atoms with Crippen LogP contribution in [-0.2, 0) is 4.79 Å². The van der Waals surface area contributed by atoms with Crippen molar-refractivity contribution in [3.63, 3.8) is 0 Å². The normalized spacial score (nSPS) is 19.3. The second-order valence-electron chi connectivity index (χ2n) is 9.16. The lowest BCUT2D eigenvalue weighted by atomic mass is 9.78. The van der Waals surface area contributed by atoms with Gasteiger partial charge in [-0.05, 0) is 66.8 Å². The molecule has 34 heavy (non-hydrogen) atoms. The summed E-state index contributed by atoms with van der Waals surface area (Å²) in [6.45, 7) is 2.63. The predicted octanol–water partition coefficient (Wildman–Crippen LogP) is 6.13. The van der Waals surface area contributed by atoms with E-state index in [-0.39, 0.29) is 17.7 Å². The number of benzene rings is 3. The highest BCUT2D eigenvalue weighted by Crippen LogP contribution is 2.44. The summed E-state index contributed by atoms with van der Waals surface area (Å²) in [5.41, 5.74) is 7.25. The third kappa shape index (κ3) is 4.26. The number of carbonyl (C=O) groups is 1. The van der Waals surface area contributed by atoms with Crippen LogP contribution in [0.25, 0.3) is 0 Å². The summed E-state index contributed by atoms with van der Waals surface area (Å²) < 4.78 is 5.60. The van der Waals surface area contributed by atoms with Crippen LogP contribution >= 0.6 is 0 Å². The highest BCUT2D eigenvalue weighted by molar-refractivity contribution is 6.01. The van der Waals surface area contributed by atoms with E-state index in [1.807, 2.05) is 45.3 Å². The van der Waals surface area contributed by atoms with E-state index in [1.54, 1.807) is 0 Å². The average molecular weight is 454 g/mol. The van der Waals surface area contributed by atoms with Crippen molar-refractivity contribution in [1.29, 1.82) is 0 Å². The molecule has 0 aromatic heterocycles. The van der Waals surface area contributed by atoms with E-state index in [1.165, 1.54) is 5.56 Å². The molecule has 2 atom stereocenters. The van der Waals surface area contributed by atoms with Gasteiger partial charge in [0.25, 0.3) is 0 Å². The first-order chi connectivity index (χ1) is 16.5. The fraction of sp³-hybridized carbons (Fsp3) is 0.276. The van der Waals surface area contributed by atoms with Crippen molar-refractivity contribution in [2.24, 2.45) is 0 Å². The van der Waals surface area contributed by atoms with Crippen LogP contribution in [-0.4, -0.2) is 26.5 Å². The number of fused-ring (bicyclic) bond motifs is 1. The quantitative estimate of drug-likeness (QED) is 0.487. The molecule has 5 heteroatoms. The molecule has 0 spiro atoms. The van der Waals surface area contributed by atoms with Gasteiger partial charge in [0.2, 0.25) is 0 Å². The standard InChI is InChI=1S/C29H31N3O2/c1-4-34-23-15-11-19(12-16-23)21-17-26-28(27(33)18-21)29(20-9-13-22(14-10-20)32(2)3)31-25-8-6-5-7-24(25)30-26/h5-16,21,29-31H,4,17-18H2,1-3H3. The molecular formula is C29H31N3O2. The van der Waals surface area contributed by atoms with Gasteiger partial charge in [0.05, 0.1) is 24.0 Å². The fourth-order valence-corrected chi connectivity index (χ4v) is 4.95. The molecule has 3 aromatic rings. The maximum atomic E-state index is 13.7. The van der Waals surface area contributed by atoms with Crippen molar-refractivity contribution in [3.05, 3.63) is 95.2 Å². The Morgan fingerprint density at radius 2 is 1.56 bits per heavy atom. The van der Waals surface area contributed by atoms with E-state index in [0.717, 1.165) is 46.1 Å². The van der Waals surface area contributed by atoms with Gasteiger partial charge < -0.3 is 20.3 Å². The predicted molar refractivity (Wildman–Crippen MR) is 139 cm³/mol. The number of carbonyl (C=O) groups excluding carboxylic acids is 1. The summed E-state index contributed by atoms with van der Waals surface area (Å²) in [5.74, 6) is 1.19. The number of allylic oxidation sites excluding steroid dienone is 1. The Hall–Kier alpha value is -3.73. The number of hydrogen-bond donors (Lipinski definition) is 2. The molecule has 0 radical (unpaired) electrons. The largest absolute Gasteiger partial charge is 0.494 e. The first-order valence-electron chi connectivity index (χ1n) is 11.9. The summed E-state index contributed by atoms with van der Waals surface area (Å²) >= 11 is 0. The molecule has 3 aromatic carbocycles. The molecule has 2 unspecified atom stereocenters. The molecule has 2 N–H and O–H groups in total. The van der Waals surface area contributed by atoms with Gasteiger partial charge in [-0.2, -0.15) is 0 Å². The van der Waals surface area contributed by atoms with Crippen molar-refractivity contribution in [1.82, 2.24) is 0 Å². The number of ketones is 1. The van der Waals surface area contributed by atoms with Gasteiger partial charge in [-0.3, -0.25) is 4.79 Å². The minimum atomic E-state index is -0.198. The molecule has 0 saturated carbocycles. The monoisotopic (exact) mass is 453 g/mol. The molecular weight excluding hydrogens is 422 g/mol. The van der Waals surface area contributed by atoms with Gasteiger partial charge in [-0.15, -0.1) is 0 Å². The van der Waals surface area contributed by atoms with Crippen molar-refractivity contribution in [2.75, 3.05) is 36.2 Å². The molecule has 0 saturated heterocycles. The van der Waals surface area contributed by atoms with Gasteiger partial charge >= 0.3 is 0 Å². The molecule has 5 rings (SSSR count). The fourth-order valence-electron chi connectivity index (χ4n) is 4.95.